The molecule has 6 nitrogen and oxygen atoms in total. The van der Waals surface area contributed by atoms with Gasteiger partial charge in [-0.2, -0.15) is 0 Å². The Bertz CT molecular complexity index is 730. The first kappa shape index (κ1) is 17.8. The van der Waals surface area contributed by atoms with Crippen LogP contribution in [0, 0.1) is 0 Å². The van der Waals surface area contributed by atoms with Crippen molar-refractivity contribution in [1.82, 2.24) is 11.0 Å². The van der Waals surface area contributed by atoms with Gasteiger partial charge in [0, 0.05) is 9.79 Å². The summed E-state index contributed by atoms with van der Waals surface area (Å²) >= 11 is 3.44. The van der Waals surface area contributed by atoms with E-state index < -0.39 is 0 Å². The maximum Gasteiger partial charge on any atom is 0.195 e. The van der Waals surface area contributed by atoms with E-state index in [0.29, 0.717) is 11.4 Å². The van der Waals surface area contributed by atoms with E-state index in [0.717, 1.165) is 27.7 Å². The zero-order chi connectivity index (χ0) is 17.5. The summed E-state index contributed by atoms with van der Waals surface area (Å²) in [5.74, 6) is 2.01. The van der Waals surface area contributed by atoms with Gasteiger partial charge in [0.05, 0.1) is 11.4 Å². The first-order chi connectivity index (χ1) is 12.3. The molecule has 0 aliphatic carbocycles. The van der Waals surface area contributed by atoms with Crippen LogP contribution in [0.5, 0.6) is 0 Å². The number of fused-ring (bicyclic) bond motifs is 2. The zero-order valence-corrected chi connectivity index (χ0v) is 15.0. The van der Waals surface area contributed by atoms with E-state index in [4.69, 9.17) is 0 Å². The lowest BCUT2D eigenvalue weighted by molar-refractivity contribution is 0.223. The van der Waals surface area contributed by atoms with E-state index in [2.05, 4.69) is 9.98 Å². The van der Waals surface area contributed by atoms with Crippen LogP contribution in [0.3, 0.4) is 0 Å². The molecular formula is C17H18N4O2S2. The number of hydrogen-bond acceptors (Lipinski definition) is 8. The van der Waals surface area contributed by atoms with Gasteiger partial charge >= 0.3 is 0 Å². The van der Waals surface area contributed by atoms with Gasteiger partial charge in [0.1, 0.15) is 0 Å². The summed E-state index contributed by atoms with van der Waals surface area (Å²) in [4.78, 5) is 10.9. The molecule has 1 heterocycles. The van der Waals surface area contributed by atoms with Gasteiger partial charge in [-0.25, -0.2) is 20.9 Å². The third kappa shape index (κ3) is 4.55. The van der Waals surface area contributed by atoms with Crippen LogP contribution >= 0.6 is 23.5 Å². The summed E-state index contributed by atoms with van der Waals surface area (Å²) in [7, 11) is 0. The molecule has 0 saturated carbocycles. The average Bonchev–Trinajstić information content (AvgIpc) is 2.66. The van der Waals surface area contributed by atoms with E-state index in [1.165, 1.54) is 0 Å². The molecule has 25 heavy (non-hydrogen) atoms. The topological polar surface area (TPSA) is 89.2 Å². The van der Waals surface area contributed by atoms with Crippen molar-refractivity contribution in [1.29, 1.82) is 0 Å². The number of hydroxylamine groups is 2. The Kier molecular flexibility index (Phi) is 6.35. The molecule has 0 unspecified atom stereocenters. The Hall–Kier alpha value is -2.00. The normalized spacial score (nSPS) is 15.3. The lowest BCUT2D eigenvalue weighted by Crippen LogP contribution is -2.37. The predicted molar refractivity (Wildman–Crippen MR) is 103 cm³/mol. The molecular weight excluding hydrogens is 356 g/mol. The smallest absolute Gasteiger partial charge is 0.195 e. The Morgan fingerprint density at radius 3 is 1.60 bits per heavy atom. The second-order valence-corrected chi connectivity index (χ2v) is 7.40. The minimum absolute atomic E-state index is 0.0367. The maximum atomic E-state index is 9.50. The Balaban J connectivity index is 2.10. The first-order valence-corrected chi connectivity index (χ1v) is 9.70. The number of para-hydroxylation sites is 2. The molecule has 1 aliphatic rings. The summed E-state index contributed by atoms with van der Waals surface area (Å²) in [5.41, 5.74) is 5.45. The van der Waals surface area contributed by atoms with Crippen LogP contribution in [0.4, 0.5) is 11.4 Å². The predicted octanol–water partition coefficient (Wildman–Crippen LogP) is 3.99. The number of benzene rings is 2. The van der Waals surface area contributed by atoms with Gasteiger partial charge in [-0.05, 0) is 42.2 Å². The number of nitrogens with one attached hydrogen (secondary N) is 2. The molecule has 130 valence electrons. The van der Waals surface area contributed by atoms with Crippen molar-refractivity contribution in [3.63, 3.8) is 0 Å². The lowest BCUT2D eigenvalue weighted by atomic mass is 10.3. The van der Waals surface area contributed by atoms with Crippen molar-refractivity contribution >= 4 is 46.6 Å². The number of rotatable bonds is 0. The fraction of sp³-hybridized carbons (Fsp3) is 0.176. The molecule has 0 spiro atoms. The van der Waals surface area contributed by atoms with Gasteiger partial charge in [-0.3, -0.25) is 10.4 Å². The van der Waals surface area contributed by atoms with Crippen molar-refractivity contribution in [2.24, 2.45) is 9.98 Å². The molecule has 0 bridgehead atoms. The molecule has 8 heteroatoms. The Labute approximate surface area is 154 Å². The quantitative estimate of drug-likeness (QED) is 0.522. The third-order valence-electron chi connectivity index (χ3n) is 3.43. The molecule has 0 radical (unpaired) electrons. The highest BCUT2D eigenvalue weighted by Crippen LogP contribution is 2.33. The van der Waals surface area contributed by atoms with Gasteiger partial charge < -0.3 is 0 Å². The number of aliphatic imine (C=N–C) groups is 2. The molecule has 1 aliphatic heterocycles. The van der Waals surface area contributed by atoms with Gasteiger partial charge in [0.15, 0.2) is 11.7 Å². The van der Waals surface area contributed by atoms with E-state index >= 15 is 0 Å². The van der Waals surface area contributed by atoms with Crippen molar-refractivity contribution < 1.29 is 10.4 Å². The summed E-state index contributed by atoms with van der Waals surface area (Å²) in [6.45, 7) is 0. The fourth-order valence-corrected chi connectivity index (χ4v) is 4.34. The van der Waals surface area contributed by atoms with Gasteiger partial charge in [0.25, 0.3) is 0 Å². The first-order valence-electron chi connectivity index (χ1n) is 7.73. The minimum atomic E-state index is 0.0367. The highest BCUT2D eigenvalue weighted by molar-refractivity contribution is 8.00. The Morgan fingerprint density at radius 1 is 0.720 bits per heavy atom. The van der Waals surface area contributed by atoms with Crippen LogP contribution in [0.15, 0.2) is 68.3 Å². The van der Waals surface area contributed by atoms with Gasteiger partial charge in [-0.15, -0.1) is 23.5 Å². The molecule has 0 atom stereocenters. The van der Waals surface area contributed by atoms with Crippen molar-refractivity contribution in [2.45, 2.75) is 16.2 Å². The molecule has 2 aromatic rings. The van der Waals surface area contributed by atoms with E-state index in [1.54, 1.807) is 23.5 Å². The highest BCUT2D eigenvalue weighted by Gasteiger charge is 2.13. The fourth-order valence-electron chi connectivity index (χ4n) is 2.27. The second kappa shape index (κ2) is 8.91. The number of thioether (sulfide) groups is 2. The summed E-state index contributed by atoms with van der Waals surface area (Å²) in [6, 6.07) is 15.4. The van der Waals surface area contributed by atoms with Crippen molar-refractivity contribution in [3.8, 4) is 0 Å². The average molecular weight is 374 g/mol. The standard InChI is InChI=1S/C17H18N4O2S2/c22-20-16-17(21-23)19-13-7-2-4-9-15(13)25-11-5-10-24-14-8-3-1-6-12(14)18-16/h1-4,6-9,22-23H,5,10-11H2,(H,18,20)(H,19,21). The SMILES string of the molecule is ONC1=Nc2ccccc2SCCCSc2ccccc2N=C1NO. The largest absolute Gasteiger partial charge is 0.290 e. The Morgan fingerprint density at radius 2 is 1.16 bits per heavy atom. The second-order valence-electron chi connectivity index (χ2n) is 5.13. The van der Waals surface area contributed by atoms with E-state index in [9.17, 15) is 10.4 Å². The van der Waals surface area contributed by atoms with Crippen LogP contribution in [-0.2, 0) is 0 Å². The zero-order valence-electron chi connectivity index (χ0n) is 13.3. The maximum absolute atomic E-state index is 9.50. The third-order valence-corrected chi connectivity index (χ3v) is 5.73. The molecule has 0 saturated heterocycles. The molecule has 0 fully saturated rings. The van der Waals surface area contributed by atoms with E-state index in [1.807, 2.05) is 59.5 Å². The monoisotopic (exact) mass is 374 g/mol. The molecule has 3 rings (SSSR count). The van der Waals surface area contributed by atoms with Crippen LogP contribution in [0.2, 0.25) is 0 Å². The molecule has 0 amide bonds. The minimum Gasteiger partial charge on any atom is -0.290 e. The van der Waals surface area contributed by atoms with Crippen molar-refractivity contribution in [3.05, 3.63) is 48.5 Å². The van der Waals surface area contributed by atoms with E-state index in [-0.39, 0.29) is 11.7 Å². The summed E-state index contributed by atoms with van der Waals surface area (Å²) < 4.78 is 0. The lowest BCUT2D eigenvalue weighted by Gasteiger charge is -2.10. The number of hydrogen-bond donors (Lipinski definition) is 4. The molecule has 0 aromatic heterocycles. The summed E-state index contributed by atoms with van der Waals surface area (Å²) in [6.07, 6.45) is 1.04. The number of nitrogens with zero attached hydrogens (tertiary/aromatic N) is 2. The highest BCUT2D eigenvalue weighted by atomic mass is 32.2. The number of amidine groups is 2. The molecule has 2 aromatic carbocycles. The van der Waals surface area contributed by atoms with Gasteiger partial charge in [-0.1, -0.05) is 24.3 Å². The van der Waals surface area contributed by atoms with Crippen molar-refractivity contribution in [2.75, 3.05) is 11.5 Å². The van der Waals surface area contributed by atoms with Crippen LogP contribution in [0.1, 0.15) is 6.42 Å². The van der Waals surface area contributed by atoms with Gasteiger partial charge in [0.2, 0.25) is 0 Å². The van der Waals surface area contributed by atoms with Crippen LogP contribution in [0.25, 0.3) is 0 Å². The molecule has 4 N–H and O–H groups in total. The van der Waals surface area contributed by atoms with Crippen LogP contribution in [-0.4, -0.2) is 33.6 Å². The van der Waals surface area contributed by atoms with Crippen LogP contribution < -0.4 is 11.0 Å². The summed E-state index contributed by atoms with van der Waals surface area (Å²) in [5, 5.41) is 19.0.